The first kappa shape index (κ1) is 17.8. The molecule has 1 aliphatic rings. The summed E-state index contributed by atoms with van der Waals surface area (Å²) in [6.07, 6.45) is -0.466. The van der Waals surface area contributed by atoms with Gasteiger partial charge < -0.3 is 15.2 Å². The second-order valence-corrected chi connectivity index (χ2v) is 6.07. The lowest BCUT2D eigenvalue weighted by molar-refractivity contribution is -0.123. The number of carbonyl (C=O) groups excluding carboxylic acids is 2. The molecule has 0 radical (unpaired) electrons. The van der Waals surface area contributed by atoms with Crippen molar-refractivity contribution in [2.45, 2.75) is 26.1 Å². The van der Waals surface area contributed by atoms with Gasteiger partial charge in [-0.1, -0.05) is 0 Å². The van der Waals surface area contributed by atoms with E-state index in [4.69, 9.17) is 4.74 Å². The minimum atomic E-state index is -1.15. The van der Waals surface area contributed by atoms with Crippen molar-refractivity contribution < 1.29 is 23.8 Å². The van der Waals surface area contributed by atoms with Gasteiger partial charge in [0.25, 0.3) is 5.91 Å². The number of hydrogen-bond acceptors (Lipinski definition) is 5. The van der Waals surface area contributed by atoms with Crippen molar-refractivity contribution in [3.63, 3.8) is 0 Å². The van der Waals surface area contributed by atoms with Crippen LogP contribution in [0.2, 0.25) is 0 Å². The molecule has 3 rings (SSSR count). The van der Waals surface area contributed by atoms with Gasteiger partial charge in [0.1, 0.15) is 23.8 Å². The van der Waals surface area contributed by atoms with E-state index in [9.17, 15) is 19.1 Å². The minimum absolute atomic E-state index is 0.237. The van der Waals surface area contributed by atoms with Crippen LogP contribution in [0.3, 0.4) is 0 Å². The molecule has 2 heterocycles. The van der Waals surface area contributed by atoms with E-state index >= 15 is 0 Å². The number of benzene rings is 1. The van der Waals surface area contributed by atoms with Crippen LogP contribution in [0.5, 0.6) is 0 Å². The number of amides is 2. The molecule has 8 heteroatoms. The smallest absolute Gasteiger partial charge is 0.414 e. The molecule has 2 N–H and O–H groups in total. The summed E-state index contributed by atoms with van der Waals surface area (Å²) < 4.78 is 19.6. The molecule has 1 saturated heterocycles. The number of anilines is 2. The monoisotopic (exact) mass is 359 g/mol. The summed E-state index contributed by atoms with van der Waals surface area (Å²) in [6.45, 7) is 3.49. The average Bonchev–Trinajstić information content (AvgIpc) is 2.94. The first-order valence-corrected chi connectivity index (χ1v) is 8.08. The number of hydrogen-bond donors (Lipinski definition) is 2. The van der Waals surface area contributed by atoms with E-state index in [-0.39, 0.29) is 11.9 Å². The Hall–Kier alpha value is -3.00. The van der Waals surface area contributed by atoms with Crippen molar-refractivity contribution in [2.24, 2.45) is 0 Å². The lowest BCUT2D eigenvalue weighted by atomic mass is 10.1. The van der Waals surface area contributed by atoms with Crippen LogP contribution in [0.4, 0.5) is 20.7 Å². The van der Waals surface area contributed by atoms with E-state index in [0.29, 0.717) is 23.4 Å². The van der Waals surface area contributed by atoms with Crippen LogP contribution in [0, 0.1) is 5.82 Å². The molecule has 1 aromatic heterocycles. The van der Waals surface area contributed by atoms with Gasteiger partial charge in [-0.2, -0.15) is 0 Å². The molecule has 1 aliphatic heterocycles. The minimum Gasteiger partial charge on any atom is -0.444 e. The van der Waals surface area contributed by atoms with E-state index in [0.717, 1.165) is 0 Å². The molecule has 0 spiro atoms. The third-order valence-corrected chi connectivity index (χ3v) is 3.93. The van der Waals surface area contributed by atoms with Gasteiger partial charge in [-0.3, -0.25) is 9.69 Å². The van der Waals surface area contributed by atoms with Crippen molar-refractivity contribution in [1.29, 1.82) is 0 Å². The second-order valence-electron chi connectivity index (χ2n) is 6.07. The number of carbonyl (C=O) groups is 2. The Labute approximate surface area is 149 Å². The fourth-order valence-electron chi connectivity index (χ4n) is 2.58. The molecular formula is C18H18FN3O4. The number of nitrogens with zero attached hydrogens (tertiary/aromatic N) is 2. The number of pyridine rings is 1. The topological polar surface area (TPSA) is 91.8 Å². The van der Waals surface area contributed by atoms with Gasteiger partial charge in [0.15, 0.2) is 0 Å². The highest BCUT2D eigenvalue weighted by Crippen LogP contribution is 2.29. The SMILES string of the molecule is CC1CN(c2ccc(-c3ccc(NC(=O)C(C)O)nc3)c(F)c2)C(=O)O1. The second kappa shape index (κ2) is 7.09. The van der Waals surface area contributed by atoms with Gasteiger partial charge >= 0.3 is 6.09 Å². The Balaban J connectivity index is 1.79. The number of nitrogens with one attached hydrogen (secondary N) is 1. The first-order chi connectivity index (χ1) is 12.3. The molecule has 2 amide bonds. The first-order valence-electron chi connectivity index (χ1n) is 8.08. The van der Waals surface area contributed by atoms with Crippen LogP contribution in [-0.4, -0.2) is 40.8 Å². The van der Waals surface area contributed by atoms with Crippen LogP contribution >= 0.6 is 0 Å². The zero-order valence-electron chi connectivity index (χ0n) is 14.3. The maximum Gasteiger partial charge on any atom is 0.414 e. The fourth-order valence-corrected chi connectivity index (χ4v) is 2.58. The van der Waals surface area contributed by atoms with Gasteiger partial charge in [-0.15, -0.1) is 0 Å². The predicted octanol–water partition coefficient (Wildman–Crippen LogP) is 2.55. The van der Waals surface area contributed by atoms with Crippen LogP contribution in [0.1, 0.15) is 13.8 Å². The Morgan fingerprint density at radius 1 is 1.42 bits per heavy atom. The Morgan fingerprint density at radius 3 is 2.73 bits per heavy atom. The number of cyclic esters (lactones) is 1. The quantitative estimate of drug-likeness (QED) is 0.875. The highest BCUT2D eigenvalue weighted by molar-refractivity contribution is 5.93. The summed E-state index contributed by atoms with van der Waals surface area (Å²) in [5.41, 5.74) is 1.26. The molecule has 2 atom stereocenters. The summed E-state index contributed by atoms with van der Waals surface area (Å²) in [5, 5.41) is 11.6. The number of aromatic nitrogens is 1. The number of ether oxygens (including phenoxy) is 1. The summed E-state index contributed by atoms with van der Waals surface area (Å²) >= 11 is 0. The molecule has 1 fully saturated rings. The zero-order valence-corrected chi connectivity index (χ0v) is 14.3. The van der Waals surface area contributed by atoms with Crippen LogP contribution in [0.25, 0.3) is 11.1 Å². The molecule has 0 aliphatic carbocycles. The standard InChI is InChI=1S/C18H18FN3O4/c1-10-9-22(18(25)26-10)13-4-5-14(15(19)7-13)12-3-6-16(20-8-12)21-17(24)11(2)23/h3-8,10-11,23H,9H2,1-2H3,(H,20,21,24). The van der Waals surface area contributed by atoms with Crippen molar-refractivity contribution >= 4 is 23.5 Å². The highest BCUT2D eigenvalue weighted by Gasteiger charge is 2.29. The molecule has 2 unspecified atom stereocenters. The molecular weight excluding hydrogens is 341 g/mol. The molecule has 2 aromatic rings. The number of aliphatic hydroxyl groups is 1. The Bertz CT molecular complexity index is 839. The summed E-state index contributed by atoms with van der Waals surface area (Å²) in [6, 6.07) is 7.60. The predicted molar refractivity (Wildman–Crippen MR) is 93.2 cm³/mol. The van der Waals surface area contributed by atoms with Crippen LogP contribution in [0.15, 0.2) is 36.5 Å². The summed E-state index contributed by atoms with van der Waals surface area (Å²) in [5.74, 6) is -0.824. The average molecular weight is 359 g/mol. The van der Waals surface area contributed by atoms with Gasteiger partial charge in [0.05, 0.1) is 12.2 Å². The van der Waals surface area contributed by atoms with Gasteiger partial charge in [0, 0.05) is 17.3 Å². The van der Waals surface area contributed by atoms with E-state index in [1.54, 1.807) is 25.1 Å². The third-order valence-electron chi connectivity index (χ3n) is 3.93. The molecule has 1 aromatic carbocycles. The van der Waals surface area contributed by atoms with Crippen molar-refractivity contribution in [3.8, 4) is 11.1 Å². The number of halogens is 1. The molecule has 0 saturated carbocycles. The molecule has 26 heavy (non-hydrogen) atoms. The van der Waals surface area contributed by atoms with Crippen molar-refractivity contribution in [2.75, 3.05) is 16.8 Å². The molecule has 0 bridgehead atoms. The fraction of sp³-hybridized carbons (Fsp3) is 0.278. The summed E-state index contributed by atoms with van der Waals surface area (Å²) in [7, 11) is 0. The maximum atomic E-state index is 14.5. The zero-order chi connectivity index (χ0) is 18.8. The maximum absolute atomic E-state index is 14.5. The molecule has 7 nitrogen and oxygen atoms in total. The Morgan fingerprint density at radius 2 is 2.19 bits per heavy atom. The highest BCUT2D eigenvalue weighted by atomic mass is 19.1. The lowest BCUT2D eigenvalue weighted by Gasteiger charge is -2.14. The van der Waals surface area contributed by atoms with Gasteiger partial charge in [-0.25, -0.2) is 14.2 Å². The van der Waals surface area contributed by atoms with Gasteiger partial charge in [-0.05, 0) is 44.2 Å². The van der Waals surface area contributed by atoms with E-state index in [2.05, 4.69) is 10.3 Å². The number of rotatable bonds is 4. The largest absolute Gasteiger partial charge is 0.444 e. The van der Waals surface area contributed by atoms with Crippen molar-refractivity contribution in [1.82, 2.24) is 4.98 Å². The lowest BCUT2D eigenvalue weighted by Crippen LogP contribution is -2.24. The summed E-state index contributed by atoms with van der Waals surface area (Å²) in [4.78, 5) is 28.6. The van der Waals surface area contributed by atoms with Crippen molar-refractivity contribution in [3.05, 3.63) is 42.3 Å². The molecule has 136 valence electrons. The van der Waals surface area contributed by atoms with E-state index in [1.807, 2.05) is 0 Å². The normalized spacial score (nSPS) is 17.8. The van der Waals surface area contributed by atoms with Crippen LogP contribution < -0.4 is 10.2 Å². The van der Waals surface area contributed by atoms with Crippen LogP contribution in [-0.2, 0) is 9.53 Å². The number of aliphatic hydroxyl groups excluding tert-OH is 1. The van der Waals surface area contributed by atoms with E-state index < -0.39 is 23.9 Å². The Kier molecular flexibility index (Phi) is 4.85. The van der Waals surface area contributed by atoms with E-state index in [1.165, 1.54) is 30.2 Å². The van der Waals surface area contributed by atoms with Gasteiger partial charge in [0.2, 0.25) is 0 Å². The third kappa shape index (κ3) is 3.65.